The molecule has 2 aliphatic rings. The van der Waals surface area contributed by atoms with Gasteiger partial charge in [-0.05, 0) is 44.8 Å². The van der Waals surface area contributed by atoms with Gasteiger partial charge in [0, 0.05) is 23.3 Å². The summed E-state index contributed by atoms with van der Waals surface area (Å²) in [5.74, 6) is 0.166. The van der Waals surface area contributed by atoms with E-state index in [4.69, 9.17) is 5.73 Å². The Kier molecular flexibility index (Phi) is 4.36. The molecule has 2 aliphatic carbocycles. The fourth-order valence-electron chi connectivity index (χ4n) is 2.90. The van der Waals surface area contributed by atoms with Crippen LogP contribution in [0.4, 0.5) is 0 Å². The van der Waals surface area contributed by atoms with E-state index >= 15 is 0 Å². The first-order valence-electron chi connectivity index (χ1n) is 6.72. The topological polar surface area (TPSA) is 55.1 Å². The summed E-state index contributed by atoms with van der Waals surface area (Å²) >= 11 is 1.93. The van der Waals surface area contributed by atoms with E-state index in [2.05, 4.69) is 11.6 Å². The van der Waals surface area contributed by atoms with Crippen molar-refractivity contribution in [3.63, 3.8) is 0 Å². The number of amides is 1. The minimum atomic E-state index is -0.183. The Morgan fingerprint density at radius 2 is 2.18 bits per heavy atom. The van der Waals surface area contributed by atoms with E-state index in [1.165, 1.54) is 19.3 Å². The highest BCUT2D eigenvalue weighted by atomic mass is 32.2. The van der Waals surface area contributed by atoms with Crippen molar-refractivity contribution in [2.75, 3.05) is 6.26 Å². The van der Waals surface area contributed by atoms with Crippen LogP contribution < -0.4 is 11.1 Å². The van der Waals surface area contributed by atoms with Crippen molar-refractivity contribution in [2.45, 2.75) is 68.2 Å². The molecular weight excluding hydrogens is 232 g/mol. The molecule has 2 saturated carbocycles. The average Bonchev–Trinajstić information content (AvgIpc) is 2.27. The fraction of sp³-hybridized carbons (Fsp3) is 0.923. The molecule has 98 valence electrons. The lowest BCUT2D eigenvalue weighted by Crippen LogP contribution is -2.51. The monoisotopic (exact) mass is 256 g/mol. The molecule has 3 nitrogen and oxygen atoms in total. The Hall–Kier alpha value is -0.220. The Bertz CT molecular complexity index is 279. The molecule has 2 atom stereocenters. The van der Waals surface area contributed by atoms with Crippen LogP contribution in [0.1, 0.15) is 51.4 Å². The third kappa shape index (κ3) is 3.62. The van der Waals surface area contributed by atoms with Gasteiger partial charge in [-0.1, -0.05) is 6.42 Å². The normalized spacial score (nSPS) is 31.6. The summed E-state index contributed by atoms with van der Waals surface area (Å²) in [7, 11) is 0. The predicted molar refractivity (Wildman–Crippen MR) is 73.1 cm³/mol. The third-order valence-electron chi connectivity index (χ3n) is 4.19. The molecule has 0 aliphatic heterocycles. The maximum absolute atomic E-state index is 11.9. The van der Waals surface area contributed by atoms with E-state index in [0.717, 1.165) is 30.9 Å². The number of hydrogen-bond acceptors (Lipinski definition) is 3. The zero-order valence-corrected chi connectivity index (χ0v) is 11.5. The lowest BCUT2D eigenvalue weighted by Gasteiger charge is -2.38. The third-order valence-corrected chi connectivity index (χ3v) is 5.28. The summed E-state index contributed by atoms with van der Waals surface area (Å²) in [4.78, 5) is 11.9. The second kappa shape index (κ2) is 5.61. The number of thioether (sulfide) groups is 1. The number of nitrogens with two attached hydrogens (primary N) is 1. The van der Waals surface area contributed by atoms with Gasteiger partial charge in [-0.15, -0.1) is 0 Å². The van der Waals surface area contributed by atoms with Crippen molar-refractivity contribution in [1.29, 1.82) is 0 Å². The molecule has 2 unspecified atom stereocenters. The first kappa shape index (κ1) is 13.2. The lowest BCUT2D eigenvalue weighted by atomic mass is 9.75. The smallest absolute Gasteiger partial charge is 0.222 e. The van der Waals surface area contributed by atoms with Gasteiger partial charge < -0.3 is 11.1 Å². The molecule has 1 amide bonds. The summed E-state index contributed by atoms with van der Waals surface area (Å²) in [6.07, 6.45) is 10.7. The Labute approximate surface area is 108 Å². The predicted octanol–water partition coefficient (Wildman–Crippen LogP) is 2.05. The molecule has 0 heterocycles. The van der Waals surface area contributed by atoms with Gasteiger partial charge in [0.25, 0.3) is 0 Å². The minimum absolute atomic E-state index is 0.166. The largest absolute Gasteiger partial charge is 0.353 e. The summed E-state index contributed by atoms with van der Waals surface area (Å²) < 4.78 is 0. The molecular formula is C13H24N2OS. The van der Waals surface area contributed by atoms with E-state index in [9.17, 15) is 4.79 Å². The molecule has 2 rings (SSSR count). The molecule has 17 heavy (non-hydrogen) atoms. The fourth-order valence-corrected chi connectivity index (χ4v) is 3.72. The van der Waals surface area contributed by atoms with Crippen LogP contribution in [0.2, 0.25) is 0 Å². The van der Waals surface area contributed by atoms with Gasteiger partial charge in [-0.25, -0.2) is 0 Å². The van der Waals surface area contributed by atoms with E-state index in [1.54, 1.807) is 0 Å². The number of rotatable bonds is 4. The van der Waals surface area contributed by atoms with Crippen LogP contribution in [0, 0.1) is 0 Å². The summed E-state index contributed by atoms with van der Waals surface area (Å²) in [5.41, 5.74) is 5.91. The highest BCUT2D eigenvalue weighted by molar-refractivity contribution is 7.99. The Balaban J connectivity index is 1.74. The number of carbonyl (C=O) groups excluding carboxylic acids is 1. The van der Waals surface area contributed by atoms with Crippen molar-refractivity contribution in [3.8, 4) is 0 Å². The highest BCUT2D eigenvalue weighted by Gasteiger charge is 2.35. The van der Waals surface area contributed by atoms with Crippen LogP contribution in [0.25, 0.3) is 0 Å². The van der Waals surface area contributed by atoms with E-state index in [-0.39, 0.29) is 11.4 Å². The van der Waals surface area contributed by atoms with Crippen LogP contribution in [0.3, 0.4) is 0 Å². The van der Waals surface area contributed by atoms with Gasteiger partial charge in [0.1, 0.15) is 0 Å². The van der Waals surface area contributed by atoms with Gasteiger partial charge in [-0.3, -0.25) is 4.79 Å². The first-order valence-corrected chi connectivity index (χ1v) is 8.01. The Morgan fingerprint density at radius 1 is 1.41 bits per heavy atom. The van der Waals surface area contributed by atoms with Gasteiger partial charge in [0.2, 0.25) is 5.91 Å². The first-order chi connectivity index (χ1) is 8.11. The molecule has 0 aromatic rings. The van der Waals surface area contributed by atoms with Crippen molar-refractivity contribution in [3.05, 3.63) is 0 Å². The van der Waals surface area contributed by atoms with Gasteiger partial charge in [-0.2, -0.15) is 11.8 Å². The van der Waals surface area contributed by atoms with Crippen LogP contribution in [0.5, 0.6) is 0 Å². The molecule has 0 bridgehead atoms. The van der Waals surface area contributed by atoms with Crippen LogP contribution in [0.15, 0.2) is 0 Å². The minimum Gasteiger partial charge on any atom is -0.353 e. The number of nitrogens with one attached hydrogen (secondary N) is 1. The molecule has 0 saturated heterocycles. The van der Waals surface area contributed by atoms with Crippen molar-refractivity contribution < 1.29 is 4.79 Å². The molecule has 0 aromatic heterocycles. The van der Waals surface area contributed by atoms with Gasteiger partial charge in [0.05, 0.1) is 0 Å². The van der Waals surface area contributed by atoms with Crippen LogP contribution in [-0.4, -0.2) is 29.0 Å². The molecule has 0 radical (unpaired) electrons. The van der Waals surface area contributed by atoms with Gasteiger partial charge >= 0.3 is 0 Å². The van der Waals surface area contributed by atoms with E-state index < -0.39 is 0 Å². The zero-order valence-electron chi connectivity index (χ0n) is 10.7. The van der Waals surface area contributed by atoms with Crippen LogP contribution >= 0.6 is 11.8 Å². The van der Waals surface area contributed by atoms with Crippen molar-refractivity contribution >= 4 is 17.7 Å². The second-order valence-electron chi connectivity index (χ2n) is 5.68. The molecule has 0 spiro atoms. The standard InChI is InChI=1S/C13H24N2OS/c1-17-11-5-2-4-10(8-11)15-12(16)9-13(14)6-3-7-13/h10-11H,2-9,14H2,1H3,(H,15,16). The second-order valence-corrected chi connectivity index (χ2v) is 6.82. The lowest BCUT2D eigenvalue weighted by molar-refractivity contribution is -0.123. The SMILES string of the molecule is CSC1CCCC(NC(=O)CC2(N)CCC2)C1. The highest BCUT2D eigenvalue weighted by Crippen LogP contribution is 2.32. The van der Waals surface area contributed by atoms with E-state index in [1.807, 2.05) is 11.8 Å². The quantitative estimate of drug-likeness (QED) is 0.809. The number of carbonyl (C=O) groups is 1. The number of hydrogen-bond donors (Lipinski definition) is 2. The zero-order chi connectivity index (χ0) is 12.3. The molecule has 2 fully saturated rings. The van der Waals surface area contributed by atoms with E-state index in [0.29, 0.717) is 12.5 Å². The summed E-state index contributed by atoms with van der Waals surface area (Å²) in [6, 6.07) is 0.386. The molecule has 0 aromatic carbocycles. The maximum atomic E-state index is 11.9. The molecule has 3 N–H and O–H groups in total. The van der Waals surface area contributed by atoms with Crippen LogP contribution in [-0.2, 0) is 4.79 Å². The maximum Gasteiger partial charge on any atom is 0.222 e. The molecule has 4 heteroatoms. The summed E-state index contributed by atoms with van der Waals surface area (Å²) in [6.45, 7) is 0. The Morgan fingerprint density at radius 3 is 2.76 bits per heavy atom. The van der Waals surface area contributed by atoms with Crippen molar-refractivity contribution in [2.24, 2.45) is 5.73 Å². The van der Waals surface area contributed by atoms with Gasteiger partial charge in [0.15, 0.2) is 0 Å². The average molecular weight is 256 g/mol. The summed E-state index contributed by atoms with van der Waals surface area (Å²) in [5, 5.41) is 3.90. The van der Waals surface area contributed by atoms with Crippen molar-refractivity contribution in [1.82, 2.24) is 5.32 Å².